The Bertz CT molecular complexity index is 312. The summed E-state index contributed by atoms with van der Waals surface area (Å²) in [6, 6.07) is 7.08. The van der Waals surface area contributed by atoms with Gasteiger partial charge in [-0.05, 0) is 19.2 Å². The Labute approximate surface area is 83.5 Å². The Kier molecular flexibility index (Phi) is 4.10. The van der Waals surface area contributed by atoms with Crippen LogP contribution in [0.2, 0.25) is 0 Å². The molecule has 0 aliphatic carbocycles. The van der Waals surface area contributed by atoms with E-state index in [2.05, 4.69) is 10.6 Å². The fourth-order valence-electron chi connectivity index (χ4n) is 1.15. The Morgan fingerprint density at radius 3 is 2.79 bits per heavy atom. The first kappa shape index (κ1) is 10.7. The second-order valence-electron chi connectivity index (χ2n) is 2.97. The van der Waals surface area contributed by atoms with Gasteiger partial charge in [-0.15, -0.1) is 0 Å². The van der Waals surface area contributed by atoms with Crippen molar-refractivity contribution in [2.45, 2.75) is 0 Å². The van der Waals surface area contributed by atoms with Crippen LogP contribution in [0, 0.1) is 0 Å². The summed E-state index contributed by atoms with van der Waals surface area (Å²) in [6.45, 7) is 0.910. The van der Waals surface area contributed by atoms with E-state index in [1.807, 2.05) is 19.2 Å². The summed E-state index contributed by atoms with van der Waals surface area (Å²) in [5.41, 5.74) is 6.77. The number of carbonyl (C=O) groups excluding carboxylic acids is 1. The van der Waals surface area contributed by atoms with E-state index in [0.29, 0.717) is 24.5 Å². The van der Waals surface area contributed by atoms with Gasteiger partial charge in [0.2, 0.25) is 0 Å². The van der Waals surface area contributed by atoms with Crippen molar-refractivity contribution in [2.24, 2.45) is 0 Å². The minimum Gasteiger partial charge on any atom is -0.398 e. The number of hydrogen-bond acceptors (Lipinski definition) is 4. The number of benzene rings is 1. The van der Waals surface area contributed by atoms with E-state index >= 15 is 0 Å². The van der Waals surface area contributed by atoms with Gasteiger partial charge in [-0.3, -0.25) is 10.1 Å². The Balaban J connectivity index is 2.56. The standard InChI is InChI=1S/C10H15N3O/c1-12-7-13-6-10(14)8-4-2-3-5-9(8)11/h2-5,12-13H,6-7,11H2,1H3. The van der Waals surface area contributed by atoms with Crippen molar-refractivity contribution >= 4 is 11.5 Å². The van der Waals surface area contributed by atoms with Gasteiger partial charge in [0.25, 0.3) is 0 Å². The first-order valence-corrected chi connectivity index (χ1v) is 4.48. The van der Waals surface area contributed by atoms with Gasteiger partial charge in [0.15, 0.2) is 5.78 Å². The molecule has 76 valence electrons. The lowest BCUT2D eigenvalue weighted by Gasteiger charge is -2.05. The SMILES string of the molecule is CNCNCC(=O)c1ccccc1N. The molecule has 0 radical (unpaired) electrons. The smallest absolute Gasteiger partial charge is 0.178 e. The summed E-state index contributed by atoms with van der Waals surface area (Å²) in [4.78, 5) is 11.6. The van der Waals surface area contributed by atoms with Crippen LogP contribution in [0.4, 0.5) is 5.69 Å². The molecule has 0 bridgehead atoms. The number of nitrogens with two attached hydrogens (primary N) is 1. The van der Waals surface area contributed by atoms with Crippen LogP contribution in [0.5, 0.6) is 0 Å². The number of carbonyl (C=O) groups is 1. The highest BCUT2D eigenvalue weighted by atomic mass is 16.1. The number of para-hydroxylation sites is 1. The van der Waals surface area contributed by atoms with Crippen molar-refractivity contribution in [3.8, 4) is 0 Å². The zero-order chi connectivity index (χ0) is 10.4. The maximum absolute atomic E-state index is 11.6. The largest absolute Gasteiger partial charge is 0.398 e. The number of Topliss-reactive ketones (excluding diaryl/α,β-unsaturated/α-hetero) is 1. The predicted octanol–water partition coefficient (Wildman–Crippen LogP) is 0.218. The molecule has 0 aliphatic heterocycles. The van der Waals surface area contributed by atoms with Crippen molar-refractivity contribution in [3.05, 3.63) is 29.8 Å². The fraction of sp³-hybridized carbons (Fsp3) is 0.300. The van der Waals surface area contributed by atoms with Crippen molar-refractivity contribution in [2.75, 3.05) is 26.0 Å². The highest BCUT2D eigenvalue weighted by molar-refractivity contribution is 6.01. The highest BCUT2D eigenvalue weighted by Crippen LogP contribution is 2.10. The average molecular weight is 193 g/mol. The summed E-state index contributed by atoms with van der Waals surface area (Å²) >= 11 is 0. The number of anilines is 1. The molecule has 1 aromatic rings. The molecule has 14 heavy (non-hydrogen) atoms. The molecule has 0 saturated carbocycles. The van der Waals surface area contributed by atoms with Gasteiger partial charge in [0, 0.05) is 17.9 Å². The van der Waals surface area contributed by atoms with Gasteiger partial charge in [-0.2, -0.15) is 0 Å². The molecule has 4 nitrogen and oxygen atoms in total. The quantitative estimate of drug-likeness (QED) is 0.271. The van der Waals surface area contributed by atoms with Gasteiger partial charge >= 0.3 is 0 Å². The first-order chi connectivity index (χ1) is 6.75. The molecule has 4 N–H and O–H groups in total. The van der Waals surface area contributed by atoms with Crippen LogP contribution < -0.4 is 16.4 Å². The summed E-state index contributed by atoms with van der Waals surface area (Å²) < 4.78 is 0. The van der Waals surface area contributed by atoms with Gasteiger partial charge in [0.1, 0.15) is 0 Å². The average Bonchev–Trinajstić information content (AvgIpc) is 2.18. The van der Waals surface area contributed by atoms with Gasteiger partial charge in [-0.1, -0.05) is 12.1 Å². The first-order valence-electron chi connectivity index (χ1n) is 4.48. The molecule has 0 amide bonds. The second-order valence-corrected chi connectivity index (χ2v) is 2.97. The lowest BCUT2D eigenvalue weighted by Crippen LogP contribution is -2.31. The van der Waals surface area contributed by atoms with Gasteiger partial charge < -0.3 is 11.1 Å². The molecule has 0 atom stereocenters. The zero-order valence-electron chi connectivity index (χ0n) is 8.21. The van der Waals surface area contributed by atoms with Crippen LogP contribution in [0.15, 0.2) is 24.3 Å². The molecule has 0 aliphatic rings. The third kappa shape index (κ3) is 2.83. The van der Waals surface area contributed by atoms with Crippen LogP contribution in [-0.2, 0) is 0 Å². The number of nitrogens with one attached hydrogen (secondary N) is 2. The van der Waals surface area contributed by atoms with E-state index in [0.717, 1.165) is 0 Å². The van der Waals surface area contributed by atoms with Crippen molar-refractivity contribution < 1.29 is 4.79 Å². The molecule has 1 rings (SSSR count). The maximum Gasteiger partial charge on any atom is 0.178 e. The summed E-state index contributed by atoms with van der Waals surface area (Å²) in [7, 11) is 1.81. The van der Waals surface area contributed by atoms with Crippen molar-refractivity contribution in [3.63, 3.8) is 0 Å². The van der Waals surface area contributed by atoms with E-state index in [4.69, 9.17) is 5.73 Å². The molecule has 0 unspecified atom stereocenters. The molecule has 0 saturated heterocycles. The van der Waals surface area contributed by atoms with E-state index in [1.165, 1.54) is 0 Å². The van der Waals surface area contributed by atoms with Gasteiger partial charge in [0.05, 0.1) is 6.54 Å². The Morgan fingerprint density at radius 2 is 2.14 bits per heavy atom. The van der Waals surface area contributed by atoms with Crippen LogP contribution in [-0.4, -0.2) is 26.0 Å². The van der Waals surface area contributed by atoms with Crippen LogP contribution in [0.1, 0.15) is 10.4 Å². The second kappa shape index (κ2) is 5.36. The van der Waals surface area contributed by atoms with Crippen molar-refractivity contribution in [1.29, 1.82) is 0 Å². The summed E-state index contributed by atoms with van der Waals surface area (Å²) in [6.07, 6.45) is 0. The molecule has 0 heterocycles. The Hall–Kier alpha value is -1.39. The number of rotatable bonds is 5. The van der Waals surface area contributed by atoms with Crippen LogP contribution in [0.25, 0.3) is 0 Å². The van der Waals surface area contributed by atoms with E-state index in [1.54, 1.807) is 12.1 Å². The number of ketones is 1. The Morgan fingerprint density at radius 1 is 1.43 bits per heavy atom. The molecule has 0 aromatic heterocycles. The summed E-state index contributed by atoms with van der Waals surface area (Å²) in [5, 5.41) is 5.84. The minimum atomic E-state index is 0.0124. The van der Waals surface area contributed by atoms with Crippen LogP contribution in [0.3, 0.4) is 0 Å². The van der Waals surface area contributed by atoms with E-state index in [-0.39, 0.29) is 5.78 Å². The number of nitrogen functional groups attached to an aromatic ring is 1. The molecule has 0 spiro atoms. The molecule has 1 aromatic carbocycles. The molecular weight excluding hydrogens is 178 g/mol. The lowest BCUT2D eigenvalue weighted by atomic mass is 10.1. The molecule has 0 fully saturated rings. The topological polar surface area (TPSA) is 67.1 Å². The highest BCUT2D eigenvalue weighted by Gasteiger charge is 2.07. The van der Waals surface area contributed by atoms with Crippen molar-refractivity contribution in [1.82, 2.24) is 10.6 Å². The normalized spacial score (nSPS) is 10.1. The maximum atomic E-state index is 11.6. The third-order valence-electron chi connectivity index (χ3n) is 1.85. The fourth-order valence-corrected chi connectivity index (χ4v) is 1.15. The van der Waals surface area contributed by atoms with Crippen LogP contribution >= 0.6 is 0 Å². The lowest BCUT2D eigenvalue weighted by molar-refractivity contribution is 0.0991. The van der Waals surface area contributed by atoms with E-state index in [9.17, 15) is 4.79 Å². The monoisotopic (exact) mass is 193 g/mol. The number of hydrogen-bond donors (Lipinski definition) is 3. The summed E-state index contributed by atoms with van der Waals surface area (Å²) in [5.74, 6) is 0.0124. The zero-order valence-corrected chi connectivity index (χ0v) is 8.21. The van der Waals surface area contributed by atoms with E-state index < -0.39 is 0 Å². The predicted molar refractivity (Wildman–Crippen MR) is 57.1 cm³/mol. The molecule has 4 heteroatoms. The molecular formula is C10H15N3O. The van der Waals surface area contributed by atoms with Gasteiger partial charge in [-0.25, -0.2) is 0 Å². The third-order valence-corrected chi connectivity index (χ3v) is 1.85. The minimum absolute atomic E-state index is 0.0124.